The van der Waals surface area contributed by atoms with Gasteiger partial charge in [0, 0.05) is 43.0 Å². The molecule has 0 aliphatic rings. The number of fused-ring (bicyclic) bond motifs is 1. The molecule has 0 spiro atoms. The fourth-order valence-corrected chi connectivity index (χ4v) is 2.78. The number of benzene rings is 1. The second kappa shape index (κ2) is 6.79. The summed E-state index contributed by atoms with van der Waals surface area (Å²) in [6.07, 6.45) is 2.52. The molecular formula is C20H21N3O. The molecule has 122 valence electrons. The van der Waals surface area contributed by atoms with E-state index < -0.39 is 0 Å². The van der Waals surface area contributed by atoms with Crippen LogP contribution in [0.2, 0.25) is 0 Å². The van der Waals surface area contributed by atoms with E-state index in [0.717, 1.165) is 34.3 Å². The Morgan fingerprint density at radius 1 is 1.12 bits per heavy atom. The Bertz CT molecular complexity index is 875. The molecule has 0 aliphatic carbocycles. The smallest absolute Gasteiger partial charge is 0.254 e. The van der Waals surface area contributed by atoms with Gasteiger partial charge in [-0.15, -0.1) is 0 Å². The molecule has 24 heavy (non-hydrogen) atoms. The van der Waals surface area contributed by atoms with Crippen LogP contribution in [0.15, 0.2) is 48.7 Å². The molecule has 1 aromatic carbocycles. The molecule has 0 aliphatic heterocycles. The zero-order valence-electron chi connectivity index (χ0n) is 14.3. The SMILES string of the molecule is Cc1ccc2nc(C)cc(C(=O)N(C)CCc3ccccn3)c2c1. The third-order valence-electron chi connectivity index (χ3n) is 4.10. The van der Waals surface area contributed by atoms with Crippen molar-refractivity contribution in [3.05, 3.63) is 71.2 Å². The van der Waals surface area contributed by atoms with Gasteiger partial charge in [-0.25, -0.2) is 0 Å². The van der Waals surface area contributed by atoms with Crippen molar-refractivity contribution in [3.8, 4) is 0 Å². The summed E-state index contributed by atoms with van der Waals surface area (Å²) >= 11 is 0. The van der Waals surface area contributed by atoms with E-state index in [-0.39, 0.29) is 5.91 Å². The van der Waals surface area contributed by atoms with E-state index >= 15 is 0 Å². The number of hydrogen-bond donors (Lipinski definition) is 0. The number of amides is 1. The normalized spacial score (nSPS) is 10.8. The molecule has 0 N–H and O–H groups in total. The largest absolute Gasteiger partial charge is 0.341 e. The lowest BCUT2D eigenvalue weighted by atomic mass is 10.0. The lowest BCUT2D eigenvalue weighted by molar-refractivity contribution is 0.0798. The maximum absolute atomic E-state index is 12.9. The van der Waals surface area contributed by atoms with E-state index in [0.29, 0.717) is 12.1 Å². The number of pyridine rings is 2. The number of aryl methyl sites for hydroxylation is 2. The maximum atomic E-state index is 12.9. The van der Waals surface area contributed by atoms with Gasteiger partial charge in [-0.2, -0.15) is 0 Å². The molecular weight excluding hydrogens is 298 g/mol. The van der Waals surface area contributed by atoms with Crippen molar-refractivity contribution < 1.29 is 4.79 Å². The van der Waals surface area contributed by atoms with Crippen LogP contribution in [-0.4, -0.2) is 34.4 Å². The Morgan fingerprint density at radius 3 is 2.71 bits per heavy atom. The van der Waals surface area contributed by atoms with Crippen molar-refractivity contribution in [2.24, 2.45) is 0 Å². The van der Waals surface area contributed by atoms with Gasteiger partial charge in [0.15, 0.2) is 0 Å². The van der Waals surface area contributed by atoms with Crippen molar-refractivity contribution in [2.45, 2.75) is 20.3 Å². The van der Waals surface area contributed by atoms with Crippen LogP contribution >= 0.6 is 0 Å². The molecule has 2 aromatic heterocycles. The first kappa shape index (κ1) is 16.1. The fourth-order valence-electron chi connectivity index (χ4n) is 2.78. The van der Waals surface area contributed by atoms with Crippen LogP contribution in [0.1, 0.15) is 27.3 Å². The van der Waals surface area contributed by atoms with E-state index in [9.17, 15) is 4.79 Å². The number of likely N-dealkylation sites (N-methyl/N-ethyl adjacent to an activating group) is 1. The molecule has 0 radical (unpaired) electrons. The third kappa shape index (κ3) is 3.43. The Morgan fingerprint density at radius 2 is 1.96 bits per heavy atom. The van der Waals surface area contributed by atoms with E-state index in [1.165, 1.54) is 0 Å². The van der Waals surface area contributed by atoms with Crippen LogP contribution in [0.4, 0.5) is 0 Å². The molecule has 2 heterocycles. The topological polar surface area (TPSA) is 46.1 Å². The summed E-state index contributed by atoms with van der Waals surface area (Å²) in [6, 6.07) is 13.7. The highest BCUT2D eigenvalue weighted by atomic mass is 16.2. The van der Waals surface area contributed by atoms with E-state index in [4.69, 9.17) is 0 Å². The summed E-state index contributed by atoms with van der Waals surface area (Å²) in [5.41, 5.74) is 4.54. The average Bonchev–Trinajstić information content (AvgIpc) is 2.59. The molecule has 1 amide bonds. The number of rotatable bonds is 4. The van der Waals surface area contributed by atoms with Crippen LogP contribution in [0.3, 0.4) is 0 Å². The van der Waals surface area contributed by atoms with Gasteiger partial charge in [-0.1, -0.05) is 17.7 Å². The van der Waals surface area contributed by atoms with Gasteiger partial charge < -0.3 is 4.90 Å². The third-order valence-corrected chi connectivity index (χ3v) is 4.10. The molecule has 3 aromatic rings. The first-order chi connectivity index (χ1) is 11.5. The van der Waals surface area contributed by atoms with E-state index in [1.807, 2.05) is 63.4 Å². The zero-order chi connectivity index (χ0) is 17.1. The predicted octanol–water partition coefficient (Wildman–Crippen LogP) is 3.56. The summed E-state index contributed by atoms with van der Waals surface area (Å²) < 4.78 is 0. The van der Waals surface area contributed by atoms with Gasteiger partial charge in [0.2, 0.25) is 0 Å². The van der Waals surface area contributed by atoms with Crippen molar-refractivity contribution in [2.75, 3.05) is 13.6 Å². The molecule has 0 bridgehead atoms. The summed E-state index contributed by atoms with van der Waals surface area (Å²) in [7, 11) is 1.84. The molecule has 4 nitrogen and oxygen atoms in total. The number of carbonyl (C=O) groups excluding carboxylic acids is 1. The lowest BCUT2D eigenvalue weighted by Gasteiger charge is -2.18. The van der Waals surface area contributed by atoms with Crippen LogP contribution in [0, 0.1) is 13.8 Å². The number of aromatic nitrogens is 2. The molecule has 0 atom stereocenters. The number of hydrogen-bond acceptors (Lipinski definition) is 3. The quantitative estimate of drug-likeness (QED) is 0.738. The van der Waals surface area contributed by atoms with E-state index in [1.54, 1.807) is 11.1 Å². The highest BCUT2D eigenvalue weighted by Gasteiger charge is 2.16. The molecule has 0 fully saturated rings. The van der Waals surface area contributed by atoms with Gasteiger partial charge >= 0.3 is 0 Å². The fraction of sp³-hybridized carbons (Fsp3) is 0.250. The van der Waals surface area contributed by atoms with Crippen LogP contribution in [0.5, 0.6) is 0 Å². The Labute approximate surface area is 142 Å². The van der Waals surface area contributed by atoms with Crippen molar-refractivity contribution in [1.82, 2.24) is 14.9 Å². The average molecular weight is 319 g/mol. The minimum absolute atomic E-state index is 0.0204. The second-order valence-electron chi connectivity index (χ2n) is 6.13. The minimum atomic E-state index is 0.0204. The van der Waals surface area contributed by atoms with Crippen molar-refractivity contribution in [3.63, 3.8) is 0 Å². The Balaban J connectivity index is 1.86. The Hall–Kier alpha value is -2.75. The van der Waals surface area contributed by atoms with Crippen LogP contribution < -0.4 is 0 Å². The standard InChI is InChI=1S/C20H21N3O/c1-14-7-8-19-17(12-14)18(13-15(2)22-19)20(24)23(3)11-9-16-6-4-5-10-21-16/h4-8,10,12-13H,9,11H2,1-3H3. The first-order valence-corrected chi connectivity index (χ1v) is 8.08. The van der Waals surface area contributed by atoms with E-state index in [2.05, 4.69) is 9.97 Å². The number of carbonyl (C=O) groups is 1. The highest BCUT2D eigenvalue weighted by Crippen LogP contribution is 2.21. The van der Waals surface area contributed by atoms with Gasteiger partial charge in [0.05, 0.1) is 11.1 Å². The summed E-state index contributed by atoms with van der Waals surface area (Å²) in [4.78, 5) is 23.5. The second-order valence-corrected chi connectivity index (χ2v) is 6.13. The molecule has 0 unspecified atom stereocenters. The van der Waals surface area contributed by atoms with Crippen LogP contribution in [-0.2, 0) is 6.42 Å². The van der Waals surface area contributed by atoms with Gasteiger partial charge in [-0.05, 0) is 44.2 Å². The number of nitrogens with zero attached hydrogens (tertiary/aromatic N) is 3. The lowest BCUT2D eigenvalue weighted by Crippen LogP contribution is -2.29. The van der Waals surface area contributed by atoms with Gasteiger partial charge in [-0.3, -0.25) is 14.8 Å². The first-order valence-electron chi connectivity index (χ1n) is 8.08. The molecule has 3 rings (SSSR count). The minimum Gasteiger partial charge on any atom is -0.341 e. The van der Waals surface area contributed by atoms with Gasteiger partial charge in [0.1, 0.15) is 0 Å². The molecule has 0 saturated carbocycles. The summed E-state index contributed by atoms with van der Waals surface area (Å²) in [6.45, 7) is 4.58. The maximum Gasteiger partial charge on any atom is 0.254 e. The highest BCUT2D eigenvalue weighted by molar-refractivity contribution is 6.06. The summed E-state index contributed by atoms with van der Waals surface area (Å²) in [5.74, 6) is 0.0204. The van der Waals surface area contributed by atoms with Crippen LogP contribution in [0.25, 0.3) is 10.9 Å². The molecule has 0 saturated heterocycles. The zero-order valence-corrected chi connectivity index (χ0v) is 14.3. The monoisotopic (exact) mass is 319 g/mol. The predicted molar refractivity (Wildman–Crippen MR) is 96.1 cm³/mol. The van der Waals surface area contributed by atoms with Gasteiger partial charge in [0.25, 0.3) is 5.91 Å². The van der Waals surface area contributed by atoms with Crippen molar-refractivity contribution in [1.29, 1.82) is 0 Å². The summed E-state index contributed by atoms with van der Waals surface area (Å²) in [5, 5.41) is 0.912. The molecule has 4 heteroatoms. The Kier molecular flexibility index (Phi) is 4.56. The van der Waals surface area contributed by atoms with Crippen molar-refractivity contribution >= 4 is 16.8 Å².